The summed E-state index contributed by atoms with van der Waals surface area (Å²) in [7, 11) is 1.97. The second-order valence-corrected chi connectivity index (χ2v) is 8.31. The number of para-hydroxylation sites is 1. The maximum absolute atomic E-state index is 13.4. The van der Waals surface area contributed by atoms with Crippen molar-refractivity contribution in [3.63, 3.8) is 0 Å². The zero-order valence-corrected chi connectivity index (χ0v) is 19.3. The van der Waals surface area contributed by atoms with Gasteiger partial charge in [-0.15, -0.1) is 0 Å². The van der Waals surface area contributed by atoms with E-state index in [9.17, 15) is 9.59 Å². The molecule has 1 aromatic heterocycles. The van der Waals surface area contributed by atoms with Gasteiger partial charge in [0, 0.05) is 37.2 Å². The fourth-order valence-electron chi connectivity index (χ4n) is 3.53. The first-order valence-electron chi connectivity index (χ1n) is 10.9. The number of aryl methyl sites for hydroxylation is 2. The van der Waals surface area contributed by atoms with E-state index in [0.29, 0.717) is 13.1 Å². The molecule has 3 aromatic rings. The van der Waals surface area contributed by atoms with Gasteiger partial charge in [0.25, 0.3) is 0 Å². The van der Waals surface area contributed by atoms with Crippen molar-refractivity contribution in [3.05, 3.63) is 89.7 Å². The van der Waals surface area contributed by atoms with Crippen LogP contribution in [0.4, 0.5) is 10.5 Å². The van der Waals surface area contributed by atoms with E-state index in [1.165, 1.54) is 0 Å². The summed E-state index contributed by atoms with van der Waals surface area (Å²) in [4.78, 5) is 29.8. The van der Waals surface area contributed by atoms with Gasteiger partial charge in [0.05, 0.1) is 6.54 Å². The van der Waals surface area contributed by atoms with Crippen LogP contribution in [-0.4, -0.2) is 38.9 Å². The van der Waals surface area contributed by atoms with Crippen LogP contribution in [0.15, 0.2) is 72.9 Å². The summed E-state index contributed by atoms with van der Waals surface area (Å²) in [5.74, 6) is -0.0938. The largest absolute Gasteiger partial charge is 0.353 e. The average Bonchev–Trinajstić information content (AvgIpc) is 3.17. The van der Waals surface area contributed by atoms with Crippen molar-refractivity contribution in [3.8, 4) is 0 Å². The fourth-order valence-corrected chi connectivity index (χ4v) is 3.53. The van der Waals surface area contributed by atoms with Crippen molar-refractivity contribution >= 4 is 17.6 Å². The lowest BCUT2D eigenvalue weighted by atomic mass is 10.2. The van der Waals surface area contributed by atoms with Gasteiger partial charge in [-0.1, -0.05) is 48.5 Å². The number of nitrogens with zero attached hydrogens (tertiary/aromatic N) is 3. The summed E-state index contributed by atoms with van der Waals surface area (Å²) >= 11 is 0. The van der Waals surface area contributed by atoms with E-state index in [1.807, 2.05) is 105 Å². The van der Waals surface area contributed by atoms with Crippen molar-refractivity contribution in [1.29, 1.82) is 0 Å². The molecule has 6 nitrogen and oxygen atoms in total. The summed E-state index contributed by atoms with van der Waals surface area (Å²) in [6.45, 7) is 6.75. The molecule has 0 spiro atoms. The van der Waals surface area contributed by atoms with Crippen molar-refractivity contribution in [2.75, 3.05) is 11.9 Å². The highest BCUT2D eigenvalue weighted by Gasteiger charge is 2.24. The lowest BCUT2D eigenvalue weighted by Gasteiger charge is -2.30. The normalized spacial score (nSPS) is 10.8. The minimum atomic E-state index is -0.277. The molecule has 2 aromatic carbocycles. The minimum absolute atomic E-state index is 0.00658. The van der Waals surface area contributed by atoms with Crippen LogP contribution in [0.2, 0.25) is 0 Å². The molecule has 0 aliphatic rings. The zero-order valence-electron chi connectivity index (χ0n) is 19.3. The summed E-state index contributed by atoms with van der Waals surface area (Å²) in [6.07, 6.45) is 1.97. The SMILES string of the molecule is Cc1ccccc1NC(=O)N(CC(=O)N(Cc1ccccc1)Cc1cccn1C)C(C)C. The van der Waals surface area contributed by atoms with Gasteiger partial charge in [-0.2, -0.15) is 0 Å². The Kier molecular flexibility index (Phi) is 7.71. The highest BCUT2D eigenvalue weighted by molar-refractivity contribution is 5.93. The van der Waals surface area contributed by atoms with Crippen molar-refractivity contribution in [2.45, 2.75) is 39.9 Å². The van der Waals surface area contributed by atoms with Crippen molar-refractivity contribution in [2.24, 2.45) is 7.05 Å². The second kappa shape index (κ2) is 10.7. The molecule has 0 aliphatic carbocycles. The number of anilines is 1. The first-order chi connectivity index (χ1) is 15.3. The third-order valence-corrected chi connectivity index (χ3v) is 5.55. The van der Waals surface area contributed by atoms with Crippen molar-refractivity contribution < 1.29 is 9.59 Å². The number of amides is 3. The number of hydrogen-bond donors (Lipinski definition) is 1. The molecule has 32 heavy (non-hydrogen) atoms. The predicted molar refractivity (Wildman–Crippen MR) is 128 cm³/mol. The number of nitrogens with one attached hydrogen (secondary N) is 1. The maximum Gasteiger partial charge on any atom is 0.322 e. The molecule has 168 valence electrons. The van der Waals surface area contributed by atoms with Gasteiger partial charge in [0.1, 0.15) is 6.54 Å². The maximum atomic E-state index is 13.4. The number of urea groups is 1. The van der Waals surface area contributed by atoms with Crippen LogP contribution >= 0.6 is 0 Å². The van der Waals surface area contributed by atoms with E-state index in [2.05, 4.69) is 5.32 Å². The van der Waals surface area contributed by atoms with Gasteiger partial charge in [0.15, 0.2) is 0 Å². The Morgan fingerprint density at radius 1 is 0.938 bits per heavy atom. The summed E-state index contributed by atoms with van der Waals surface area (Å²) in [5.41, 5.74) is 3.82. The molecule has 3 amide bonds. The number of rotatable bonds is 8. The van der Waals surface area contributed by atoms with Crippen LogP contribution in [0.5, 0.6) is 0 Å². The topological polar surface area (TPSA) is 57.6 Å². The second-order valence-electron chi connectivity index (χ2n) is 8.31. The third kappa shape index (κ3) is 6.00. The first kappa shape index (κ1) is 23.1. The Morgan fingerprint density at radius 2 is 1.62 bits per heavy atom. The smallest absolute Gasteiger partial charge is 0.322 e. The number of benzene rings is 2. The lowest BCUT2D eigenvalue weighted by molar-refractivity contribution is -0.133. The van der Waals surface area contributed by atoms with Gasteiger partial charge >= 0.3 is 6.03 Å². The van der Waals surface area contributed by atoms with Crippen LogP contribution in [0.25, 0.3) is 0 Å². The number of carbonyl (C=O) groups excluding carboxylic acids is 2. The fraction of sp³-hybridized carbons (Fsp3) is 0.308. The Morgan fingerprint density at radius 3 is 2.25 bits per heavy atom. The molecule has 0 unspecified atom stereocenters. The molecular formula is C26H32N4O2. The van der Waals surface area contributed by atoms with E-state index in [-0.39, 0.29) is 24.5 Å². The third-order valence-electron chi connectivity index (χ3n) is 5.55. The van der Waals surface area contributed by atoms with Crippen molar-refractivity contribution in [1.82, 2.24) is 14.4 Å². The minimum Gasteiger partial charge on any atom is -0.353 e. The highest BCUT2D eigenvalue weighted by atomic mass is 16.2. The van der Waals surface area contributed by atoms with Gasteiger partial charge in [-0.3, -0.25) is 4.79 Å². The molecule has 1 heterocycles. The number of aromatic nitrogens is 1. The molecule has 0 aliphatic heterocycles. The van der Waals surface area contributed by atoms with Crippen LogP contribution in [0.3, 0.4) is 0 Å². The van der Waals surface area contributed by atoms with Gasteiger partial charge in [0.2, 0.25) is 5.91 Å². The predicted octanol–water partition coefficient (Wildman–Crippen LogP) is 4.80. The molecule has 0 atom stereocenters. The molecule has 0 bridgehead atoms. The Labute approximate surface area is 190 Å². The standard InChI is InChI=1S/C26H32N4O2/c1-20(2)30(26(32)27-24-15-9-8-11-21(24)3)19-25(31)29(17-22-12-6-5-7-13-22)18-23-14-10-16-28(23)4/h5-16,20H,17-19H2,1-4H3,(H,27,32). The molecule has 6 heteroatoms. The van der Waals surface area contributed by atoms with E-state index >= 15 is 0 Å². The average molecular weight is 433 g/mol. The monoisotopic (exact) mass is 432 g/mol. The molecule has 0 fully saturated rings. The van der Waals surface area contributed by atoms with Gasteiger partial charge in [-0.05, 0) is 50.1 Å². The molecule has 1 N–H and O–H groups in total. The van der Waals surface area contributed by atoms with Gasteiger partial charge < -0.3 is 19.7 Å². The van der Waals surface area contributed by atoms with Crippen LogP contribution in [-0.2, 0) is 24.9 Å². The molecule has 3 rings (SSSR count). The summed E-state index contributed by atoms with van der Waals surface area (Å²) < 4.78 is 2.01. The first-order valence-corrected chi connectivity index (χ1v) is 10.9. The van der Waals surface area contributed by atoms with E-state index < -0.39 is 0 Å². The molecule has 0 saturated heterocycles. The zero-order chi connectivity index (χ0) is 23.1. The summed E-state index contributed by atoms with van der Waals surface area (Å²) in [6, 6.07) is 21.1. The number of carbonyl (C=O) groups is 2. The van der Waals surface area contributed by atoms with Crippen LogP contribution in [0, 0.1) is 6.92 Å². The van der Waals surface area contributed by atoms with E-state index in [0.717, 1.165) is 22.5 Å². The Hall–Kier alpha value is -3.54. The van der Waals surface area contributed by atoms with E-state index in [1.54, 1.807) is 9.80 Å². The highest BCUT2D eigenvalue weighted by Crippen LogP contribution is 2.16. The number of hydrogen-bond acceptors (Lipinski definition) is 2. The quantitative estimate of drug-likeness (QED) is 0.556. The molecule has 0 radical (unpaired) electrons. The molecule has 0 saturated carbocycles. The lowest BCUT2D eigenvalue weighted by Crippen LogP contribution is -2.47. The Balaban J connectivity index is 1.77. The summed E-state index contributed by atoms with van der Waals surface area (Å²) in [5, 5.41) is 2.95. The van der Waals surface area contributed by atoms with E-state index in [4.69, 9.17) is 0 Å². The molecular weight excluding hydrogens is 400 g/mol. The van der Waals surface area contributed by atoms with Crippen LogP contribution < -0.4 is 5.32 Å². The van der Waals surface area contributed by atoms with Gasteiger partial charge in [-0.25, -0.2) is 4.79 Å². The van der Waals surface area contributed by atoms with Crippen LogP contribution in [0.1, 0.15) is 30.7 Å². The Bertz CT molecular complexity index is 1040.